The van der Waals surface area contributed by atoms with Crippen LogP contribution in [0.25, 0.3) is 0 Å². The van der Waals surface area contributed by atoms with E-state index < -0.39 is 0 Å². The molecule has 0 saturated carbocycles. The highest BCUT2D eigenvalue weighted by Crippen LogP contribution is 2.38. The van der Waals surface area contributed by atoms with Crippen LogP contribution in [0, 0.1) is 0 Å². The van der Waals surface area contributed by atoms with Crippen LogP contribution in [0.1, 0.15) is 69.2 Å². The molecule has 0 aromatic rings. The van der Waals surface area contributed by atoms with Gasteiger partial charge in [0.25, 0.3) is 0 Å². The predicted molar refractivity (Wildman–Crippen MR) is 134 cm³/mol. The molecule has 0 radical (unpaired) electrons. The predicted octanol–water partition coefficient (Wildman–Crippen LogP) is 8.44. The smallest absolute Gasteiger partial charge is 0.0347 e. The van der Waals surface area contributed by atoms with Gasteiger partial charge in [-0.15, -0.1) is 0 Å². The summed E-state index contributed by atoms with van der Waals surface area (Å²) >= 11 is 0. The van der Waals surface area contributed by atoms with E-state index in [-0.39, 0.29) is 0 Å². The zero-order valence-corrected chi connectivity index (χ0v) is 20.3. The van der Waals surface area contributed by atoms with Gasteiger partial charge in [-0.05, 0) is 108 Å². The highest BCUT2D eigenvalue weighted by atomic mass is 14.6. The molecule has 0 amide bonds. The van der Waals surface area contributed by atoms with Gasteiger partial charge < -0.3 is 5.73 Å². The quantitative estimate of drug-likeness (QED) is 0.413. The first-order valence-corrected chi connectivity index (χ1v) is 10.6. The lowest BCUT2D eigenvalue weighted by molar-refractivity contribution is 1.21. The Morgan fingerprint density at radius 2 is 0.655 bits per heavy atom. The van der Waals surface area contributed by atoms with Crippen LogP contribution in [0.3, 0.4) is 0 Å². The van der Waals surface area contributed by atoms with Gasteiger partial charge in [0.1, 0.15) is 0 Å². The van der Waals surface area contributed by atoms with Gasteiger partial charge in [0.05, 0.1) is 0 Å². The summed E-state index contributed by atoms with van der Waals surface area (Å²) in [6.45, 7) is 20.9. The van der Waals surface area contributed by atoms with E-state index in [1.165, 1.54) is 33.4 Å². The van der Waals surface area contributed by atoms with Crippen molar-refractivity contribution in [3.8, 4) is 0 Å². The van der Waals surface area contributed by atoms with Crippen molar-refractivity contribution in [3.63, 3.8) is 0 Å². The third-order valence-corrected chi connectivity index (χ3v) is 5.24. The van der Waals surface area contributed by atoms with Crippen LogP contribution in [0.5, 0.6) is 0 Å². The van der Waals surface area contributed by atoms with Gasteiger partial charge >= 0.3 is 0 Å². The van der Waals surface area contributed by atoms with E-state index >= 15 is 0 Å². The summed E-state index contributed by atoms with van der Waals surface area (Å²) in [5, 5.41) is 0. The minimum absolute atomic E-state index is 0.794. The van der Waals surface area contributed by atoms with E-state index in [1.54, 1.807) is 0 Å². The summed E-state index contributed by atoms with van der Waals surface area (Å²) in [4.78, 5) is 0. The Morgan fingerprint density at radius 3 is 0.897 bits per heavy atom. The molecular weight excluding hydrogens is 350 g/mol. The van der Waals surface area contributed by atoms with Crippen LogP contribution in [0.4, 0.5) is 0 Å². The molecule has 0 fully saturated rings. The second-order valence-electron chi connectivity index (χ2n) is 6.63. The fourth-order valence-corrected chi connectivity index (χ4v) is 3.66. The molecule has 0 rings (SSSR count). The number of rotatable bonds is 8. The van der Waals surface area contributed by atoms with Crippen molar-refractivity contribution in [3.05, 3.63) is 105 Å². The molecule has 1 heteroatoms. The number of allylic oxidation sites excluding steroid dienone is 16. The third-order valence-electron chi connectivity index (χ3n) is 5.24. The van der Waals surface area contributed by atoms with E-state index in [0.717, 1.165) is 16.8 Å². The molecule has 158 valence electrons. The number of nitrogens with two attached hydrogens (primary N) is 1. The van der Waals surface area contributed by atoms with Crippen molar-refractivity contribution in [1.82, 2.24) is 0 Å². The zero-order chi connectivity index (χ0) is 22.6. The minimum Gasteiger partial charge on any atom is -0.399 e. The fraction of sp³-hybridized carbons (Fsp3) is 0.357. The summed E-state index contributed by atoms with van der Waals surface area (Å²) in [6.07, 6.45) is 19.4. The van der Waals surface area contributed by atoms with Crippen molar-refractivity contribution in [2.75, 3.05) is 0 Å². The first-order chi connectivity index (χ1) is 13.9. The van der Waals surface area contributed by atoms with E-state index in [9.17, 15) is 0 Å². The first-order valence-electron chi connectivity index (χ1n) is 10.6. The summed E-state index contributed by atoms with van der Waals surface area (Å²) in [5.41, 5.74) is 16.7. The van der Waals surface area contributed by atoms with Crippen molar-refractivity contribution in [1.29, 1.82) is 0 Å². The average molecular weight is 392 g/mol. The molecule has 0 aromatic heterocycles. The highest BCUT2D eigenvalue weighted by Gasteiger charge is 2.20. The molecular formula is C28H41N. The van der Waals surface area contributed by atoms with Gasteiger partial charge in [0.15, 0.2) is 0 Å². The molecule has 0 aromatic carbocycles. The van der Waals surface area contributed by atoms with Gasteiger partial charge in [-0.25, -0.2) is 0 Å². The maximum atomic E-state index is 6.32. The molecule has 0 aliphatic heterocycles. The summed E-state index contributed by atoms with van der Waals surface area (Å²) in [5.74, 6) is 0. The summed E-state index contributed by atoms with van der Waals surface area (Å²) < 4.78 is 0. The lowest BCUT2D eigenvalue weighted by Gasteiger charge is -2.24. The van der Waals surface area contributed by atoms with Crippen LogP contribution in [-0.4, -0.2) is 0 Å². The molecule has 2 N–H and O–H groups in total. The molecule has 0 bridgehead atoms. The molecule has 29 heavy (non-hydrogen) atoms. The highest BCUT2D eigenvalue weighted by molar-refractivity contribution is 5.71. The lowest BCUT2D eigenvalue weighted by atomic mass is 9.81. The van der Waals surface area contributed by atoms with Crippen molar-refractivity contribution in [2.24, 2.45) is 5.73 Å². The Labute approximate surface area is 180 Å². The monoisotopic (exact) mass is 391 g/mol. The first kappa shape index (κ1) is 26.5. The standard InChI is InChI=1S/C28H41N/c1-11-20(10)21(12-2)22(13-3)23(14-4)24(15-5)25(16-6)26(17-7)27(18-8)28(29)19-9/h11-19H,29H2,1-10H3. The zero-order valence-electron chi connectivity index (χ0n) is 20.3. The molecule has 0 unspecified atom stereocenters. The molecule has 0 spiro atoms. The molecule has 0 heterocycles. The minimum atomic E-state index is 0.794. The fourth-order valence-electron chi connectivity index (χ4n) is 3.66. The Morgan fingerprint density at radius 1 is 0.379 bits per heavy atom. The van der Waals surface area contributed by atoms with E-state index in [1.807, 2.05) is 19.9 Å². The number of hydrogen-bond donors (Lipinski definition) is 1. The number of hydrogen-bond acceptors (Lipinski definition) is 1. The van der Waals surface area contributed by atoms with E-state index in [4.69, 9.17) is 5.73 Å². The molecule has 0 saturated heterocycles. The molecule has 0 aliphatic carbocycles. The van der Waals surface area contributed by atoms with Crippen LogP contribution >= 0.6 is 0 Å². The Bertz CT molecular complexity index is 773. The van der Waals surface area contributed by atoms with Crippen LogP contribution in [-0.2, 0) is 0 Å². The average Bonchev–Trinajstić information content (AvgIpc) is 2.75. The maximum Gasteiger partial charge on any atom is 0.0347 e. The summed E-state index contributed by atoms with van der Waals surface area (Å²) in [6, 6.07) is 0. The van der Waals surface area contributed by atoms with Crippen molar-refractivity contribution >= 4 is 0 Å². The van der Waals surface area contributed by atoms with E-state index in [2.05, 4.69) is 104 Å². The molecule has 0 atom stereocenters. The van der Waals surface area contributed by atoms with Gasteiger partial charge in [-0.1, -0.05) is 54.7 Å². The van der Waals surface area contributed by atoms with Gasteiger partial charge in [-0.3, -0.25) is 0 Å². The van der Waals surface area contributed by atoms with Gasteiger partial charge in [-0.2, -0.15) is 0 Å². The van der Waals surface area contributed by atoms with Crippen LogP contribution < -0.4 is 5.73 Å². The second kappa shape index (κ2) is 13.6. The Hall–Kier alpha value is -2.54. The van der Waals surface area contributed by atoms with Gasteiger partial charge in [0.2, 0.25) is 0 Å². The largest absolute Gasteiger partial charge is 0.399 e. The third kappa shape index (κ3) is 6.22. The Kier molecular flexibility index (Phi) is 12.4. The van der Waals surface area contributed by atoms with Crippen LogP contribution in [0.2, 0.25) is 0 Å². The maximum absolute atomic E-state index is 6.32. The topological polar surface area (TPSA) is 26.0 Å². The molecule has 0 aliphatic rings. The van der Waals surface area contributed by atoms with Crippen LogP contribution in [0.15, 0.2) is 105 Å². The normalized spacial score (nSPS) is 17.2. The van der Waals surface area contributed by atoms with Crippen molar-refractivity contribution in [2.45, 2.75) is 69.2 Å². The summed E-state index contributed by atoms with van der Waals surface area (Å²) in [7, 11) is 0. The van der Waals surface area contributed by atoms with Gasteiger partial charge in [0, 0.05) is 11.3 Å². The van der Waals surface area contributed by atoms with Crippen molar-refractivity contribution < 1.29 is 0 Å². The molecule has 1 nitrogen and oxygen atoms in total. The van der Waals surface area contributed by atoms with E-state index in [0.29, 0.717) is 0 Å². The SMILES string of the molecule is CC=C(C)C(=CC)C(=CC)C(=CC)C(=CC)C(=CC)C(=CC)C(=CC)C(N)=CC. The Balaban J connectivity index is 6.74. The lowest BCUT2D eigenvalue weighted by Crippen LogP contribution is -2.09. The second-order valence-corrected chi connectivity index (χ2v) is 6.63.